The van der Waals surface area contributed by atoms with Crippen LogP contribution >= 0.6 is 0 Å². The van der Waals surface area contributed by atoms with E-state index in [4.69, 9.17) is 11.1 Å². The van der Waals surface area contributed by atoms with Gasteiger partial charge in [-0.05, 0) is 18.1 Å². The molecule has 5 nitrogen and oxygen atoms in total. The minimum atomic E-state index is 0.0417. The molecule has 7 heteroatoms. The third kappa shape index (κ3) is 8.85. The first kappa shape index (κ1) is 22.9. The van der Waals surface area contributed by atoms with Gasteiger partial charge in [0.25, 0.3) is 0 Å². The summed E-state index contributed by atoms with van der Waals surface area (Å²) in [6.45, 7) is 4.12. The van der Waals surface area contributed by atoms with E-state index in [1.807, 2.05) is 49.5 Å². The molecular weight excluding hydrogens is 470 g/mol. The summed E-state index contributed by atoms with van der Waals surface area (Å²) in [5.74, 6) is 0. The molecule has 3 rings (SSSR count). The van der Waals surface area contributed by atoms with Crippen molar-refractivity contribution in [2.75, 3.05) is 5.73 Å². The molecule has 0 atom stereocenters. The normalized spacial score (nSPS) is 9.26. The average Bonchev–Trinajstić information content (AvgIpc) is 3.04. The Morgan fingerprint density at radius 1 is 1.15 bits per heavy atom. The van der Waals surface area contributed by atoms with Crippen LogP contribution in [-0.4, -0.2) is 46.5 Å². The van der Waals surface area contributed by atoms with Crippen LogP contribution in [0.3, 0.4) is 0 Å². The number of aryl methyl sites for hydroxylation is 2. The van der Waals surface area contributed by atoms with Crippen LogP contribution < -0.4 is 11.5 Å². The maximum absolute atomic E-state index is 10.1. The van der Waals surface area contributed by atoms with Crippen molar-refractivity contribution in [1.29, 1.82) is 5.41 Å². The Labute approximate surface area is 174 Å². The first-order valence-corrected chi connectivity index (χ1v) is 10.7. The van der Waals surface area contributed by atoms with Gasteiger partial charge < -0.3 is 4.79 Å². The monoisotopic (exact) mass is 495 g/mol. The zero-order valence-electron chi connectivity index (χ0n) is 15.3. The van der Waals surface area contributed by atoms with Crippen LogP contribution in [-0.2, 0) is 11.2 Å². The van der Waals surface area contributed by atoms with Crippen molar-refractivity contribution in [3.8, 4) is 10.0 Å². The molecule has 0 saturated carbocycles. The quantitative estimate of drug-likeness (QED) is 0.226. The van der Waals surface area contributed by atoms with E-state index in [1.54, 1.807) is 0 Å². The second-order valence-corrected chi connectivity index (χ2v) is 8.69. The van der Waals surface area contributed by atoms with Gasteiger partial charge in [-0.2, -0.15) is 0 Å². The van der Waals surface area contributed by atoms with Crippen molar-refractivity contribution in [3.63, 3.8) is 0 Å². The van der Waals surface area contributed by atoms with E-state index < -0.39 is 0 Å². The predicted octanol–water partition coefficient (Wildman–Crippen LogP) is 2.48. The van der Waals surface area contributed by atoms with Crippen LogP contribution in [0.1, 0.15) is 16.7 Å². The summed E-state index contributed by atoms with van der Waals surface area (Å²) < 4.78 is 2.09. The number of carbonyl (C=O) groups is 1. The van der Waals surface area contributed by atoms with E-state index in [9.17, 15) is 4.79 Å². The second kappa shape index (κ2) is 12.3. The number of hydrogen-bond donors (Lipinski definition) is 3. The van der Waals surface area contributed by atoms with E-state index >= 15 is 0 Å². The molecule has 0 aliphatic heterocycles. The topological polar surface area (TPSA) is 106 Å². The molecule has 141 valence electrons. The van der Waals surface area contributed by atoms with E-state index in [0.29, 0.717) is 6.42 Å². The number of nitrogens with zero attached hydrogens (tertiary/aromatic N) is 1. The minimum absolute atomic E-state index is 0.0417. The molecular formula is C20H23N4OSe2. The van der Waals surface area contributed by atoms with Crippen molar-refractivity contribution in [3.05, 3.63) is 71.4 Å². The third-order valence-corrected chi connectivity index (χ3v) is 5.30. The average molecular weight is 493 g/mol. The van der Waals surface area contributed by atoms with Gasteiger partial charge in [0.15, 0.2) is 0 Å². The summed E-state index contributed by atoms with van der Waals surface area (Å²) in [7, 11) is 0. The van der Waals surface area contributed by atoms with Gasteiger partial charge >= 0.3 is 115 Å². The first-order chi connectivity index (χ1) is 12.8. The summed E-state index contributed by atoms with van der Waals surface area (Å²) in [5.41, 5.74) is 15.2. The second-order valence-electron chi connectivity index (χ2n) is 5.54. The molecule has 1 radical (unpaired) electrons. The maximum atomic E-state index is 10.1. The number of aldehydes is 1. The SMILES string of the molecule is Cc1ccccc1-c1cnc(N)[se]1.Cc1ccccc1CC=O.N=C(N)[Se]. The number of aromatic nitrogens is 1. The zero-order valence-corrected chi connectivity index (χ0v) is 18.7. The Morgan fingerprint density at radius 2 is 1.70 bits per heavy atom. The summed E-state index contributed by atoms with van der Waals surface area (Å²) >= 11 is 2.49. The molecule has 0 spiro atoms. The van der Waals surface area contributed by atoms with Gasteiger partial charge in [-0.3, -0.25) is 0 Å². The van der Waals surface area contributed by atoms with Crippen LogP contribution in [0.4, 0.5) is 4.69 Å². The fourth-order valence-corrected chi connectivity index (χ4v) is 3.82. The number of benzene rings is 2. The fraction of sp³-hybridized carbons (Fsp3) is 0.150. The Hall–Kier alpha value is -2.17. The molecule has 0 aliphatic carbocycles. The number of hydrogen-bond acceptors (Lipinski definition) is 4. The number of nitrogen functional groups attached to an aromatic ring is 1. The standard InChI is InChI=1S/C10H10N2Se.C9H10O.CH3N2Se/c1-7-4-2-3-5-8(7)9-6-12-10(11)13-9;1-8-4-2-3-5-9(8)6-7-10;2-1(3)4/h2-6H,1H3,(H2,11,12);2-5,7H,6H2,1H3;(H3,2,3). The first-order valence-electron chi connectivity index (χ1n) is 8.11. The Balaban J connectivity index is 0.000000232. The molecule has 27 heavy (non-hydrogen) atoms. The predicted molar refractivity (Wildman–Crippen MR) is 114 cm³/mol. The Morgan fingerprint density at radius 3 is 2.19 bits per heavy atom. The molecule has 3 aromatic rings. The third-order valence-electron chi connectivity index (χ3n) is 3.50. The van der Waals surface area contributed by atoms with Gasteiger partial charge in [-0.1, -0.05) is 24.3 Å². The van der Waals surface area contributed by atoms with Gasteiger partial charge in [0, 0.05) is 6.42 Å². The van der Waals surface area contributed by atoms with Crippen LogP contribution in [0.2, 0.25) is 0 Å². The van der Waals surface area contributed by atoms with E-state index in [1.165, 1.54) is 21.1 Å². The van der Waals surface area contributed by atoms with Gasteiger partial charge in [0.05, 0.1) is 0 Å². The summed E-state index contributed by atoms with van der Waals surface area (Å²) in [4.78, 5) is 14.2. The number of rotatable bonds is 3. The van der Waals surface area contributed by atoms with Gasteiger partial charge in [0.1, 0.15) is 6.29 Å². The number of anilines is 1. The van der Waals surface area contributed by atoms with E-state index in [2.05, 4.69) is 45.8 Å². The number of amidine groups is 1. The van der Waals surface area contributed by atoms with Crippen LogP contribution in [0.25, 0.3) is 10.0 Å². The number of nitrogens with one attached hydrogen (secondary N) is 1. The molecule has 0 aliphatic rings. The number of nitrogens with two attached hydrogens (primary N) is 2. The van der Waals surface area contributed by atoms with Gasteiger partial charge in [0.2, 0.25) is 0 Å². The van der Waals surface area contributed by atoms with Crippen molar-refractivity contribution in [1.82, 2.24) is 4.98 Å². The van der Waals surface area contributed by atoms with Crippen molar-refractivity contribution < 1.29 is 4.79 Å². The molecule has 0 saturated heterocycles. The van der Waals surface area contributed by atoms with Crippen LogP contribution in [0.15, 0.2) is 54.7 Å². The molecule has 5 N–H and O–H groups in total. The van der Waals surface area contributed by atoms with Crippen molar-refractivity contribution in [2.45, 2.75) is 20.3 Å². The molecule has 2 aromatic carbocycles. The Kier molecular flexibility index (Phi) is 10.4. The number of carbonyl (C=O) groups excluding carboxylic acids is 1. The summed E-state index contributed by atoms with van der Waals surface area (Å²) in [6, 6.07) is 16.2. The summed E-state index contributed by atoms with van der Waals surface area (Å²) in [6.07, 6.45) is 3.35. The van der Waals surface area contributed by atoms with E-state index in [-0.39, 0.29) is 19.2 Å². The van der Waals surface area contributed by atoms with E-state index in [0.717, 1.165) is 16.5 Å². The fourth-order valence-electron chi connectivity index (χ4n) is 2.19. The van der Waals surface area contributed by atoms with Crippen LogP contribution in [0.5, 0.6) is 0 Å². The molecule has 0 unspecified atom stereocenters. The molecule has 0 amide bonds. The summed E-state index contributed by atoms with van der Waals surface area (Å²) in [5, 5.41) is 6.22. The Bertz CT molecular complexity index is 874. The van der Waals surface area contributed by atoms with Crippen LogP contribution in [0, 0.1) is 19.3 Å². The van der Waals surface area contributed by atoms with Gasteiger partial charge in [-0.25, -0.2) is 0 Å². The zero-order chi connectivity index (χ0) is 20.2. The molecule has 1 aromatic heterocycles. The van der Waals surface area contributed by atoms with Crippen molar-refractivity contribution >= 4 is 46.2 Å². The molecule has 0 fully saturated rings. The molecule has 1 heterocycles. The van der Waals surface area contributed by atoms with Gasteiger partial charge in [-0.15, -0.1) is 0 Å². The molecule has 0 bridgehead atoms. The van der Waals surface area contributed by atoms with Crippen molar-refractivity contribution in [2.24, 2.45) is 5.73 Å².